The van der Waals surface area contributed by atoms with Crippen LogP contribution < -0.4 is 10.6 Å². The first kappa shape index (κ1) is 14.1. The Morgan fingerprint density at radius 1 is 1.33 bits per heavy atom. The summed E-state index contributed by atoms with van der Waals surface area (Å²) in [6.45, 7) is 3.42. The normalized spacial score (nSPS) is 20.1. The number of nitrogens with zero attached hydrogens (tertiary/aromatic N) is 3. The molecule has 1 fully saturated rings. The summed E-state index contributed by atoms with van der Waals surface area (Å²) in [6.07, 6.45) is 8.41. The predicted molar refractivity (Wildman–Crippen MR) is 84.7 cm³/mol. The molecular weight excluding hydrogens is 262 g/mol. The second-order valence-corrected chi connectivity index (χ2v) is 5.81. The summed E-state index contributed by atoms with van der Waals surface area (Å²) < 4.78 is 1.76. The number of piperidine rings is 1. The molecule has 2 aromatic rings. The molecule has 5 heteroatoms. The van der Waals surface area contributed by atoms with E-state index in [2.05, 4.69) is 51.9 Å². The van der Waals surface area contributed by atoms with Crippen molar-refractivity contribution in [2.45, 2.75) is 44.7 Å². The van der Waals surface area contributed by atoms with Gasteiger partial charge in [-0.15, -0.1) is 0 Å². The molecule has 3 rings (SSSR count). The average Bonchev–Trinajstić information content (AvgIpc) is 3.03. The van der Waals surface area contributed by atoms with Gasteiger partial charge in [-0.2, -0.15) is 5.10 Å². The third-order valence-electron chi connectivity index (χ3n) is 4.01. The van der Waals surface area contributed by atoms with E-state index in [4.69, 9.17) is 0 Å². The molecule has 0 radical (unpaired) electrons. The van der Waals surface area contributed by atoms with Gasteiger partial charge in [0.15, 0.2) is 0 Å². The third kappa shape index (κ3) is 3.82. The maximum atomic E-state index is 4.13. The largest absolute Gasteiger partial charge is 0.383 e. The van der Waals surface area contributed by atoms with Gasteiger partial charge < -0.3 is 10.6 Å². The molecule has 2 atom stereocenters. The SMILES string of the molecule is CC(CC1CCCCN1)Nc1ccc(-n2cncn2)cc1. The van der Waals surface area contributed by atoms with E-state index in [1.54, 1.807) is 17.3 Å². The fourth-order valence-corrected chi connectivity index (χ4v) is 2.95. The Bertz CT molecular complexity index is 528. The highest BCUT2D eigenvalue weighted by molar-refractivity contribution is 5.48. The van der Waals surface area contributed by atoms with Crippen molar-refractivity contribution < 1.29 is 0 Å². The third-order valence-corrected chi connectivity index (χ3v) is 4.01. The van der Waals surface area contributed by atoms with E-state index in [9.17, 15) is 0 Å². The smallest absolute Gasteiger partial charge is 0.138 e. The van der Waals surface area contributed by atoms with Crippen molar-refractivity contribution >= 4 is 5.69 Å². The summed E-state index contributed by atoms with van der Waals surface area (Å²) in [6, 6.07) is 9.45. The quantitative estimate of drug-likeness (QED) is 0.886. The van der Waals surface area contributed by atoms with E-state index in [0.29, 0.717) is 12.1 Å². The molecule has 0 amide bonds. The monoisotopic (exact) mass is 285 g/mol. The molecule has 2 unspecified atom stereocenters. The molecule has 112 valence electrons. The van der Waals surface area contributed by atoms with Gasteiger partial charge in [0.25, 0.3) is 0 Å². The van der Waals surface area contributed by atoms with E-state index in [-0.39, 0.29) is 0 Å². The van der Waals surface area contributed by atoms with Gasteiger partial charge in [0.1, 0.15) is 12.7 Å². The molecule has 0 bridgehead atoms. The second-order valence-electron chi connectivity index (χ2n) is 5.81. The zero-order chi connectivity index (χ0) is 14.5. The zero-order valence-corrected chi connectivity index (χ0v) is 12.5. The Kier molecular flexibility index (Phi) is 4.50. The van der Waals surface area contributed by atoms with E-state index in [0.717, 1.165) is 11.4 Å². The molecular formula is C16H23N5. The first-order chi connectivity index (χ1) is 10.3. The first-order valence-electron chi connectivity index (χ1n) is 7.76. The maximum absolute atomic E-state index is 4.13. The number of rotatable bonds is 5. The van der Waals surface area contributed by atoms with Crippen molar-refractivity contribution in [3.05, 3.63) is 36.9 Å². The minimum absolute atomic E-state index is 0.470. The van der Waals surface area contributed by atoms with Crippen molar-refractivity contribution in [1.29, 1.82) is 0 Å². The van der Waals surface area contributed by atoms with Gasteiger partial charge in [0, 0.05) is 17.8 Å². The lowest BCUT2D eigenvalue weighted by molar-refractivity contribution is 0.371. The van der Waals surface area contributed by atoms with Crippen LogP contribution in [0, 0.1) is 0 Å². The van der Waals surface area contributed by atoms with Crippen LogP contribution in [0.3, 0.4) is 0 Å². The minimum atomic E-state index is 0.470. The molecule has 1 aromatic carbocycles. The molecule has 0 saturated carbocycles. The van der Waals surface area contributed by atoms with E-state index in [1.165, 1.54) is 32.2 Å². The molecule has 21 heavy (non-hydrogen) atoms. The molecule has 1 aromatic heterocycles. The Morgan fingerprint density at radius 2 is 2.19 bits per heavy atom. The van der Waals surface area contributed by atoms with Crippen molar-refractivity contribution in [1.82, 2.24) is 20.1 Å². The fourth-order valence-electron chi connectivity index (χ4n) is 2.95. The van der Waals surface area contributed by atoms with Crippen molar-refractivity contribution in [3.8, 4) is 5.69 Å². The van der Waals surface area contributed by atoms with Crippen LogP contribution in [-0.4, -0.2) is 33.4 Å². The Labute approximate surface area is 125 Å². The molecule has 0 spiro atoms. The topological polar surface area (TPSA) is 54.8 Å². The number of hydrogen-bond donors (Lipinski definition) is 2. The summed E-state index contributed by atoms with van der Waals surface area (Å²) in [5.41, 5.74) is 2.18. The lowest BCUT2D eigenvalue weighted by Gasteiger charge is -2.27. The second kappa shape index (κ2) is 6.72. The lowest BCUT2D eigenvalue weighted by Crippen LogP contribution is -2.37. The number of aromatic nitrogens is 3. The minimum Gasteiger partial charge on any atom is -0.383 e. The lowest BCUT2D eigenvalue weighted by atomic mass is 9.98. The number of nitrogens with one attached hydrogen (secondary N) is 2. The van der Waals surface area contributed by atoms with Gasteiger partial charge in [-0.05, 0) is 57.0 Å². The van der Waals surface area contributed by atoms with Crippen LogP contribution in [0.1, 0.15) is 32.6 Å². The van der Waals surface area contributed by atoms with Crippen molar-refractivity contribution in [2.24, 2.45) is 0 Å². The van der Waals surface area contributed by atoms with Crippen LogP contribution in [0.5, 0.6) is 0 Å². The molecule has 5 nitrogen and oxygen atoms in total. The molecule has 2 heterocycles. The summed E-state index contributed by atoms with van der Waals surface area (Å²) in [4.78, 5) is 3.96. The van der Waals surface area contributed by atoms with Gasteiger partial charge >= 0.3 is 0 Å². The van der Waals surface area contributed by atoms with E-state index in [1.807, 2.05) is 0 Å². The first-order valence-corrected chi connectivity index (χ1v) is 7.76. The highest BCUT2D eigenvalue weighted by Crippen LogP contribution is 2.17. The van der Waals surface area contributed by atoms with Crippen molar-refractivity contribution in [3.63, 3.8) is 0 Å². The van der Waals surface area contributed by atoms with E-state index < -0.39 is 0 Å². The van der Waals surface area contributed by atoms with Crippen LogP contribution in [0.15, 0.2) is 36.9 Å². The van der Waals surface area contributed by atoms with Gasteiger partial charge in [-0.3, -0.25) is 0 Å². The van der Waals surface area contributed by atoms with Crippen LogP contribution >= 0.6 is 0 Å². The highest BCUT2D eigenvalue weighted by atomic mass is 15.3. The summed E-state index contributed by atoms with van der Waals surface area (Å²) in [5.74, 6) is 0. The standard InChI is InChI=1S/C16H23N5/c1-13(10-15-4-2-3-9-18-15)20-14-5-7-16(8-6-14)21-12-17-11-19-21/h5-8,11-13,15,18,20H,2-4,9-10H2,1H3. The molecule has 2 N–H and O–H groups in total. The Hall–Kier alpha value is -1.88. The number of benzene rings is 1. The fraction of sp³-hybridized carbons (Fsp3) is 0.500. The predicted octanol–water partition coefficient (Wildman–Crippen LogP) is 2.60. The van der Waals surface area contributed by atoms with Crippen LogP contribution in [0.2, 0.25) is 0 Å². The summed E-state index contributed by atoms with van der Waals surface area (Å²) in [7, 11) is 0. The van der Waals surface area contributed by atoms with Gasteiger partial charge in [0.2, 0.25) is 0 Å². The molecule has 0 aliphatic carbocycles. The molecule has 1 aliphatic heterocycles. The zero-order valence-electron chi connectivity index (χ0n) is 12.5. The number of hydrogen-bond acceptors (Lipinski definition) is 4. The van der Waals surface area contributed by atoms with Gasteiger partial charge in [0.05, 0.1) is 5.69 Å². The van der Waals surface area contributed by atoms with Crippen molar-refractivity contribution in [2.75, 3.05) is 11.9 Å². The van der Waals surface area contributed by atoms with Crippen LogP contribution in [-0.2, 0) is 0 Å². The van der Waals surface area contributed by atoms with Crippen LogP contribution in [0.4, 0.5) is 5.69 Å². The summed E-state index contributed by atoms with van der Waals surface area (Å²) >= 11 is 0. The Balaban J connectivity index is 1.54. The van der Waals surface area contributed by atoms with E-state index >= 15 is 0 Å². The summed E-state index contributed by atoms with van der Waals surface area (Å²) in [5, 5.41) is 11.3. The highest BCUT2D eigenvalue weighted by Gasteiger charge is 2.15. The maximum Gasteiger partial charge on any atom is 0.138 e. The number of anilines is 1. The average molecular weight is 285 g/mol. The molecule has 1 saturated heterocycles. The van der Waals surface area contributed by atoms with Crippen LogP contribution in [0.25, 0.3) is 5.69 Å². The van der Waals surface area contributed by atoms with Gasteiger partial charge in [-0.1, -0.05) is 6.42 Å². The van der Waals surface area contributed by atoms with Gasteiger partial charge in [-0.25, -0.2) is 9.67 Å². The Morgan fingerprint density at radius 3 is 2.86 bits per heavy atom. The molecule has 1 aliphatic rings.